The average molecular weight is 235 g/mol. The summed E-state index contributed by atoms with van der Waals surface area (Å²) >= 11 is 0. The van der Waals surface area contributed by atoms with Gasteiger partial charge in [0.25, 0.3) is 0 Å². The number of aromatic nitrogens is 1. The van der Waals surface area contributed by atoms with E-state index in [4.69, 9.17) is 5.73 Å². The van der Waals surface area contributed by atoms with Crippen LogP contribution in [0, 0.1) is 0 Å². The van der Waals surface area contributed by atoms with Crippen LogP contribution in [0.4, 0.5) is 0 Å². The molecule has 1 rings (SSSR count). The minimum Gasteiger partial charge on any atom is -0.353 e. The fourth-order valence-electron chi connectivity index (χ4n) is 1.74. The lowest BCUT2D eigenvalue weighted by atomic mass is 9.94. The summed E-state index contributed by atoms with van der Waals surface area (Å²) < 4.78 is 0. The van der Waals surface area contributed by atoms with Gasteiger partial charge in [-0.2, -0.15) is 0 Å². The minimum atomic E-state index is -0.144. The first kappa shape index (κ1) is 13.6. The molecule has 4 nitrogen and oxygen atoms in total. The summed E-state index contributed by atoms with van der Waals surface area (Å²) in [5.41, 5.74) is 6.47. The summed E-state index contributed by atoms with van der Waals surface area (Å²) in [5, 5.41) is 2.94. The maximum atomic E-state index is 12.1. The van der Waals surface area contributed by atoms with Crippen LogP contribution >= 0.6 is 0 Å². The van der Waals surface area contributed by atoms with E-state index in [1.807, 2.05) is 26.0 Å². The Kier molecular flexibility index (Phi) is 5.63. The standard InChI is InChI=1S/C13H21N3O/c1-10(2)16-13(17)12(6-3-7-14)11-5-4-8-15-9-11/h4-5,8-10,12H,3,6-7,14H2,1-2H3,(H,16,17). The van der Waals surface area contributed by atoms with Gasteiger partial charge in [-0.1, -0.05) is 6.07 Å². The Hall–Kier alpha value is -1.42. The molecule has 0 bridgehead atoms. The summed E-state index contributed by atoms with van der Waals surface area (Å²) in [6.45, 7) is 4.52. The van der Waals surface area contributed by atoms with Crippen molar-refractivity contribution < 1.29 is 4.79 Å². The van der Waals surface area contributed by atoms with Gasteiger partial charge in [0.15, 0.2) is 0 Å². The topological polar surface area (TPSA) is 68.0 Å². The van der Waals surface area contributed by atoms with E-state index in [9.17, 15) is 4.79 Å². The quantitative estimate of drug-likeness (QED) is 0.783. The zero-order valence-electron chi connectivity index (χ0n) is 10.5. The number of carbonyl (C=O) groups excluding carboxylic acids is 1. The van der Waals surface area contributed by atoms with Crippen LogP contribution in [0.2, 0.25) is 0 Å². The molecule has 0 aliphatic heterocycles. The normalized spacial score (nSPS) is 12.5. The molecule has 17 heavy (non-hydrogen) atoms. The third kappa shape index (κ3) is 4.53. The van der Waals surface area contributed by atoms with Gasteiger partial charge in [-0.3, -0.25) is 9.78 Å². The summed E-state index contributed by atoms with van der Waals surface area (Å²) in [5.74, 6) is -0.0869. The van der Waals surface area contributed by atoms with Crippen LogP contribution in [0.1, 0.15) is 38.2 Å². The van der Waals surface area contributed by atoms with E-state index in [1.165, 1.54) is 0 Å². The van der Waals surface area contributed by atoms with Crippen molar-refractivity contribution in [3.8, 4) is 0 Å². The van der Waals surface area contributed by atoms with E-state index < -0.39 is 0 Å². The van der Waals surface area contributed by atoms with E-state index >= 15 is 0 Å². The molecule has 0 aromatic carbocycles. The number of pyridine rings is 1. The van der Waals surface area contributed by atoms with Crippen molar-refractivity contribution in [3.05, 3.63) is 30.1 Å². The highest BCUT2D eigenvalue weighted by molar-refractivity contribution is 5.83. The van der Waals surface area contributed by atoms with Gasteiger partial charge in [0.05, 0.1) is 5.92 Å². The molecule has 4 heteroatoms. The molecule has 0 saturated heterocycles. The first-order valence-corrected chi connectivity index (χ1v) is 6.05. The number of hydrogen-bond acceptors (Lipinski definition) is 3. The van der Waals surface area contributed by atoms with E-state index in [0.717, 1.165) is 18.4 Å². The average Bonchev–Trinajstić information content (AvgIpc) is 2.30. The maximum Gasteiger partial charge on any atom is 0.227 e. The summed E-state index contributed by atoms with van der Waals surface area (Å²) in [6.07, 6.45) is 5.07. The van der Waals surface area contributed by atoms with Crippen LogP contribution in [0.5, 0.6) is 0 Å². The van der Waals surface area contributed by atoms with Gasteiger partial charge in [0.2, 0.25) is 5.91 Å². The van der Waals surface area contributed by atoms with Gasteiger partial charge in [-0.25, -0.2) is 0 Å². The molecule has 3 N–H and O–H groups in total. The van der Waals surface area contributed by atoms with Crippen LogP contribution in [0.3, 0.4) is 0 Å². The molecule has 1 aromatic heterocycles. The van der Waals surface area contributed by atoms with Crippen LogP contribution in [0.25, 0.3) is 0 Å². The molecule has 1 unspecified atom stereocenters. The lowest BCUT2D eigenvalue weighted by molar-refractivity contribution is -0.123. The van der Waals surface area contributed by atoms with Crippen LogP contribution in [0.15, 0.2) is 24.5 Å². The van der Waals surface area contributed by atoms with Crippen LogP contribution in [-0.2, 0) is 4.79 Å². The van der Waals surface area contributed by atoms with Gasteiger partial charge < -0.3 is 11.1 Å². The number of nitrogens with zero attached hydrogens (tertiary/aromatic N) is 1. The molecule has 0 radical (unpaired) electrons. The molecule has 1 aromatic rings. The molecular weight excluding hydrogens is 214 g/mol. The highest BCUT2D eigenvalue weighted by atomic mass is 16.1. The Morgan fingerprint density at radius 3 is 2.82 bits per heavy atom. The van der Waals surface area contributed by atoms with Gasteiger partial charge >= 0.3 is 0 Å². The van der Waals surface area contributed by atoms with E-state index in [2.05, 4.69) is 10.3 Å². The third-order valence-electron chi connectivity index (χ3n) is 2.53. The number of amides is 1. The van der Waals surface area contributed by atoms with Crippen molar-refractivity contribution in [1.29, 1.82) is 0 Å². The van der Waals surface area contributed by atoms with E-state index in [0.29, 0.717) is 6.54 Å². The predicted octanol–water partition coefficient (Wildman–Crippen LogP) is 1.43. The van der Waals surface area contributed by atoms with E-state index in [-0.39, 0.29) is 17.9 Å². The molecule has 0 saturated carbocycles. The molecule has 0 fully saturated rings. The lowest BCUT2D eigenvalue weighted by Crippen LogP contribution is -2.34. The van der Waals surface area contributed by atoms with Crippen molar-refractivity contribution in [2.75, 3.05) is 6.54 Å². The first-order chi connectivity index (χ1) is 8.15. The van der Waals surface area contributed by atoms with Crippen molar-refractivity contribution in [3.63, 3.8) is 0 Å². The highest BCUT2D eigenvalue weighted by Gasteiger charge is 2.20. The Labute approximate surface area is 103 Å². The van der Waals surface area contributed by atoms with Crippen LogP contribution < -0.4 is 11.1 Å². The molecule has 94 valence electrons. The first-order valence-electron chi connectivity index (χ1n) is 6.05. The zero-order chi connectivity index (χ0) is 12.7. The second-order valence-electron chi connectivity index (χ2n) is 4.43. The zero-order valence-corrected chi connectivity index (χ0v) is 10.5. The van der Waals surface area contributed by atoms with Gasteiger partial charge in [-0.05, 0) is 44.9 Å². The molecule has 0 aliphatic rings. The SMILES string of the molecule is CC(C)NC(=O)C(CCCN)c1cccnc1. The number of nitrogens with two attached hydrogens (primary N) is 1. The molecular formula is C13H21N3O. The van der Waals surface area contributed by atoms with Crippen molar-refractivity contribution in [1.82, 2.24) is 10.3 Å². The van der Waals surface area contributed by atoms with Crippen molar-refractivity contribution >= 4 is 5.91 Å². The largest absolute Gasteiger partial charge is 0.353 e. The Morgan fingerprint density at radius 2 is 2.29 bits per heavy atom. The third-order valence-corrected chi connectivity index (χ3v) is 2.53. The van der Waals surface area contributed by atoms with Crippen molar-refractivity contribution in [2.45, 2.75) is 38.6 Å². The molecule has 1 heterocycles. The van der Waals surface area contributed by atoms with Gasteiger partial charge in [0.1, 0.15) is 0 Å². The Balaban J connectivity index is 2.76. The monoisotopic (exact) mass is 235 g/mol. The van der Waals surface area contributed by atoms with Crippen molar-refractivity contribution in [2.24, 2.45) is 5.73 Å². The molecule has 1 atom stereocenters. The second kappa shape index (κ2) is 7.01. The number of hydrogen-bond donors (Lipinski definition) is 2. The second-order valence-corrected chi connectivity index (χ2v) is 4.43. The Bertz CT molecular complexity index is 338. The van der Waals surface area contributed by atoms with Gasteiger partial charge in [0, 0.05) is 18.4 Å². The molecule has 1 amide bonds. The summed E-state index contributed by atoms with van der Waals surface area (Å²) in [4.78, 5) is 16.1. The van der Waals surface area contributed by atoms with Gasteiger partial charge in [-0.15, -0.1) is 0 Å². The number of rotatable bonds is 6. The fourth-order valence-corrected chi connectivity index (χ4v) is 1.74. The molecule has 0 spiro atoms. The minimum absolute atomic E-state index is 0.0569. The predicted molar refractivity (Wildman–Crippen MR) is 68.5 cm³/mol. The maximum absolute atomic E-state index is 12.1. The van der Waals surface area contributed by atoms with E-state index in [1.54, 1.807) is 12.4 Å². The fraction of sp³-hybridized carbons (Fsp3) is 0.538. The highest BCUT2D eigenvalue weighted by Crippen LogP contribution is 2.20. The molecule has 0 aliphatic carbocycles. The lowest BCUT2D eigenvalue weighted by Gasteiger charge is -2.18. The number of nitrogens with one attached hydrogen (secondary N) is 1. The summed E-state index contributed by atoms with van der Waals surface area (Å²) in [7, 11) is 0. The summed E-state index contributed by atoms with van der Waals surface area (Å²) in [6, 6.07) is 3.95. The Morgan fingerprint density at radius 1 is 1.53 bits per heavy atom. The smallest absolute Gasteiger partial charge is 0.227 e. The number of carbonyl (C=O) groups is 1. The van der Waals surface area contributed by atoms with Crippen LogP contribution in [-0.4, -0.2) is 23.5 Å².